The maximum absolute atomic E-state index is 4.57. The summed E-state index contributed by atoms with van der Waals surface area (Å²) < 4.78 is 3.24. The molecule has 0 aliphatic heterocycles. The summed E-state index contributed by atoms with van der Waals surface area (Å²) in [5.74, 6) is 1.57. The van der Waals surface area contributed by atoms with E-state index in [2.05, 4.69) is 58.3 Å². The first-order chi connectivity index (χ1) is 6.59. The Kier molecular flexibility index (Phi) is 2.35. The number of fused-ring (bicyclic) bond motifs is 1. The number of nitrogens with zero attached hydrogens (tertiary/aromatic N) is 2. The first kappa shape index (κ1) is 9.71. The van der Waals surface area contributed by atoms with Crippen LogP contribution in [0.15, 0.2) is 22.8 Å². The minimum Gasteiger partial charge on any atom is -0.302 e. The Hall–Kier alpha value is -0.830. The van der Waals surface area contributed by atoms with Crippen LogP contribution < -0.4 is 0 Å². The Morgan fingerprint density at radius 2 is 2.07 bits per heavy atom. The van der Waals surface area contributed by atoms with Gasteiger partial charge in [-0.25, -0.2) is 4.98 Å². The quantitative estimate of drug-likeness (QED) is 0.759. The van der Waals surface area contributed by atoms with Crippen LogP contribution >= 0.6 is 15.9 Å². The Labute approximate surface area is 92.1 Å². The van der Waals surface area contributed by atoms with Gasteiger partial charge >= 0.3 is 0 Å². The van der Waals surface area contributed by atoms with E-state index in [0.717, 1.165) is 16.0 Å². The smallest absolute Gasteiger partial charge is 0.116 e. The summed E-state index contributed by atoms with van der Waals surface area (Å²) in [5, 5.41) is 0. The van der Waals surface area contributed by atoms with E-state index < -0.39 is 0 Å². The molecule has 0 saturated carbocycles. The zero-order chi connectivity index (χ0) is 10.3. The molecule has 14 heavy (non-hydrogen) atoms. The maximum atomic E-state index is 4.57. The third-order valence-electron chi connectivity index (χ3n) is 2.33. The van der Waals surface area contributed by atoms with Crippen LogP contribution in [0.2, 0.25) is 0 Å². The SMILES string of the molecule is Cc1nc(C(C)C)n2cc(Br)ccc12. The summed E-state index contributed by atoms with van der Waals surface area (Å²) >= 11 is 3.48. The number of aryl methyl sites for hydroxylation is 1. The molecule has 2 heterocycles. The van der Waals surface area contributed by atoms with Gasteiger partial charge in [-0.3, -0.25) is 0 Å². The second kappa shape index (κ2) is 3.39. The van der Waals surface area contributed by atoms with Crippen molar-refractivity contribution in [1.29, 1.82) is 0 Å². The normalized spacial score (nSPS) is 11.5. The molecule has 2 aromatic heterocycles. The molecule has 0 atom stereocenters. The molecule has 3 heteroatoms. The molecule has 0 N–H and O–H groups in total. The van der Waals surface area contributed by atoms with Crippen molar-refractivity contribution in [2.24, 2.45) is 0 Å². The lowest BCUT2D eigenvalue weighted by molar-refractivity contribution is 0.767. The van der Waals surface area contributed by atoms with Gasteiger partial charge in [-0.1, -0.05) is 13.8 Å². The second-order valence-electron chi connectivity index (χ2n) is 3.81. The van der Waals surface area contributed by atoms with E-state index >= 15 is 0 Å². The fourth-order valence-corrected chi connectivity index (χ4v) is 1.99. The van der Waals surface area contributed by atoms with E-state index in [4.69, 9.17) is 0 Å². The highest BCUT2D eigenvalue weighted by Crippen LogP contribution is 2.21. The van der Waals surface area contributed by atoms with Crippen molar-refractivity contribution in [2.75, 3.05) is 0 Å². The Balaban J connectivity index is 2.79. The summed E-state index contributed by atoms with van der Waals surface area (Å²) in [6.07, 6.45) is 2.07. The molecule has 0 saturated heterocycles. The summed E-state index contributed by atoms with van der Waals surface area (Å²) in [6.45, 7) is 6.37. The number of imidazole rings is 1. The Bertz CT molecular complexity index is 471. The molecule has 0 fully saturated rings. The lowest BCUT2D eigenvalue weighted by atomic mass is 10.2. The van der Waals surface area contributed by atoms with Crippen molar-refractivity contribution in [3.63, 3.8) is 0 Å². The molecule has 0 aromatic carbocycles. The summed E-state index contributed by atoms with van der Waals surface area (Å²) in [4.78, 5) is 4.57. The van der Waals surface area contributed by atoms with E-state index in [-0.39, 0.29) is 0 Å². The Morgan fingerprint density at radius 3 is 2.71 bits per heavy atom. The topological polar surface area (TPSA) is 17.3 Å². The first-order valence-corrected chi connectivity index (χ1v) is 5.53. The highest BCUT2D eigenvalue weighted by Gasteiger charge is 2.10. The molecule has 2 aromatic rings. The summed E-state index contributed by atoms with van der Waals surface area (Å²) in [6, 6.07) is 4.15. The van der Waals surface area contributed by atoms with Crippen LogP contribution in [0.5, 0.6) is 0 Å². The molecule has 2 nitrogen and oxygen atoms in total. The van der Waals surface area contributed by atoms with Crippen LogP contribution in [0.25, 0.3) is 5.52 Å². The van der Waals surface area contributed by atoms with Gasteiger partial charge in [0.05, 0.1) is 11.2 Å². The van der Waals surface area contributed by atoms with Crippen molar-refractivity contribution in [2.45, 2.75) is 26.7 Å². The molecule has 0 unspecified atom stereocenters. The van der Waals surface area contributed by atoms with Crippen molar-refractivity contribution >= 4 is 21.4 Å². The van der Waals surface area contributed by atoms with Gasteiger partial charge in [0, 0.05) is 16.6 Å². The molecule has 74 valence electrons. The average Bonchev–Trinajstić information content (AvgIpc) is 2.43. The molecule has 2 rings (SSSR count). The van der Waals surface area contributed by atoms with Crippen LogP contribution in [0, 0.1) is 6.92 Å². The van der Waals surface area contributed by atoms with Crippen LogP contribution in [0.3, 0.4) is 0 Å². The minimum absolute atomic E-state index is 0.450. The predicted octanol–water partition coefficient (Wildman–Crippen LogP) is 3.53. The predicted molar refractivity (Wildman–Crippen MR) is 61.7 cm³/mol. The summed E-state index contributed by atoms with van der Waals surface area (Å²) in [7, 11) is 0. The highest BCUT2D eigenvalue weighted by atomic mass is 79.9. The van der Waals surface area contributed by atoms with Gasteiger partial charge in [-0.05, 0) is 35.0 Å². The third kappa shape index (κ3) is 1.46. The zero-order valence-electron chi connectivity index (χ0n) is 8.58. The second-order valence-corrected chi connectivity index (χ2v) is 4.73. The lowest BCUT2D eigenvalue weighted by Gasteiger charge is -2.03. The van der Waals surface area contributed by atoms with Crippen molar-refractivity contribution < 1.29 is 0 Å². The number of rotatable bonds is 1. The third-order valence-corrected chi connectivity index (χ3v) is 2.80. The largest absolute Gasteiger partial charge is 0.302 e. The molecule has 0 aliphatic rings. The molecular formula is C11H13BrN2. The van der Waals surface area contributed by atoms with E-state index in [1.165, 1.54) is 5.52 Å². The van der Waals surface area contributed by atoms with E-state index in [1.807, 2.05) is 6.07 Å². The number of halogens is 1. The van der Waals surface area contributed by atoms with Gasteiger partial charge in [-0.2, -0.15) is 0 Å². The number of pyridine rings is 1. The zero-order valence-corrected chi connectivity index (χ0v) is 10.2. The van der Waals surface area contributed by atoms with Crippen LogP contribution in [0.4, 0.5) is 0 Å². The highest BCUT2D eigenvalue weighted by molar-refractivity contribution is 9.10. The van der Waals surface area contributed by atoms with Gasteiger partial charge in [0.15, 0.2) is 0 Å². The molecular weight excluding hydrogens is 240 g/mol. The number of aromatic nitrogens is 2. The van der Waals surface area contributed by atoms with Crippen LogP contribution in [-0.2, 0) is 0 Å². The van der Waals surface area contributed by atoms with E-state index in [0.29, 0.717) is 5.92 Å². The fraction of sp³-hybridized carbons (Fsp3) is 0.364. The maximum Gasteiger partial charge on any atom is 0.116 e. The molecule has 0 spiro atoms. The average molecular weight is 253 g/mol. The van der Waals surface area contributed by atoms with Gasteiger partial charge in [0.25, 0.3) is 0 Å². The van der Waals surface area contributed by atoms with Crippen molar-refractivity contribution in [1.82, 2.24) is 9.38 Å². The van der Waals surface area contributed by atoms with Gasteiger partial charge in [0.1, 0.15) is 5.82 Å². The van der Waals surface area contributed by atoms with Crippen molar-refractivity contribution in [3.05, 3.63) is 34.3 Å². The number of hydrogen-bond acceptors (Lipinski definition) is 1. The standard InChI is InChI=1S/C11H13BrN2/c1-7(2)11-13-8(3)10-5-4-9(12)6-14(10)11/h4-7H,1-3H3. The molecule has 0 bridgehead atoms. The van der Waals surface area contributed by atoms with Crippen LogP contribution in [-0.4, -0.2) is 9.38 Å². The minimum atomic E-state index is 0.450. The first-order valence-electron chi connectivity index (χ1n) is 4.73. The monoisotopic (exact) mass is 252 g/mol. The fourth-order valence-electron chi connectivity index (χ4n) is 1.65. The van der Waals surface area contributed by atoms with E-state index in [1.54, 1.807) is 0 Å². The molecule has 0 aliphatic carbocycles. The van der Waals surface area contributed by atoms with Gasteiger partial charge < -0.3 is 4.40 Å². The van der Waals surface area contributed by atoms with Crippen molar-refractivity contribution in [3.8, 4) is 0 Å². The van der Waals surface area contributed by atoms with E-state index in [9.17, 15) is 0 Å². The Morgan fingerprint density at radius 1 is 1.36 bits per heavy atom. The van der Waals surface area contributed by atoms with Gasteiger partial charge in [0.2, 0.25) is 0 Å². The molecule has 0 amide bonds. The lowest BCUT2D eigenvalue weighted by Crippen LogP contribution is -1.96. The van der Waals surface area contributed by atoms with Crippen LogP contribution in [0.1, 0.15) is 31.3 Å². The summed E-state index contributed by atoms with van der Waals surface area (Å²) in [5.41, 5.74) is 2.29. The molecule has 0 radical (unpaired) electrons. The number of hydrogen-bond donors (Lipinski definition) is 0. The van der Waals surface area contributed by atoms with Gasteiger partial charge in [-0.15, -0.1) is 0 Å².